The van der Waals surface area contributed by atoms with Crippen LogP contribution in [0.1, 0.15) is 10.4 Å². The van der Waals surface area contributed by atoms with E-state index in [0.29, 0.717) is 12.1 Å². The van der Waals surface area contributed by atoms with Crippen molar-refractivity contribution in [3.8, 4) is 17.2 Å². The van der Waals surface area contributed by atoms with Gasteiger partial charge in [0.25, 0.3) is 11.6 Å². The SMILES string of the molecule is COc1cc(OC)c(C(=O)N(N)c2c([N+](=O)[O-])cc([N+](=O)[O-])cc2[N+](=O)[O-])c(OC)c1. The highest BCUT2D eigenvalue weighted by molar-refractivity contribution is 6.11. The molecule has 0 unspecified atom stereocenters. The minimum absolute atomic E-state index is 0.108. The van der Waals surface area contributed by atoms with E-state index in [2.05, 4.69) is 0 Å². The van der Waals surface area contributed by atoms with Gasteiger partial charge in [0.15, 0.2) is 0 Å². The molecule has 2 aromatic rings. The fourth-order valence-electron chi connectivity index (χ4n) is 2.66. The van der Waals surface area contributed by atoms with Crippen LogP contribution in [0.2, 0.25) is 0 Å². The third kappa shape index (κ3) is 4.25. The molecule has 15 heteroatoms. The summed E-state index contributed by atoms with van der Waals surface area (Å²) < 4.78 is 15.3. The van der Waals surface area contributed by atoms with Gasteiger partial charge in [-0.2, -0.15) is 0 Å². The highest BCUT2D eigenvalue weighted by atomic mass is 16.6. The summed E-state index contributed by atoms with van der Waals surface area (Å²) in [6.45, 7) is 0. The van der Waals surface area contributed by atoms with E-state index in [1.807, 2.05) is 0 Å². The zero-order chi connectivity index (χ0) is 23.5. The van der Waals surface area contributed by atoms with Gasteiger partial charge in [-0.1, -0.05) is 0 Å². The largest absolute Gasteiger partial charge is 0.496 e. The Morgan fingerprint density at radius 3 is 1.61 bits per heavy atom. The van der Waals surface area contributed by atoms with E-state index in [9.17, 15) is 35.1 Å². The summed E-state index contributed by atoms with van der Waals surface area (Å²) >= 11 is 0. The molecule has 0 spiro atoms. The molecule has 164 valence electrons. The number of nitrogens with two attached hydrogens (primary N) is 1. The molecule has 0 aliphatic rings. The van der Waals surface area contributed by atoms with Crippen molar-refractivity contribution in [1.29, 1.82) is 0 Å². The normalized spacial score (nSPS) is 10.2. The van der Waals surface area contributed by atoms with Gasteiger partial charge >= 0.3 is 11.4 Å². The summed E-state index contributed by atoms with van der Waals surface area (Å²) in [6, 6.07) is 3.50. The Bertz CT molecular complexity index is 1030. The van der Waals surface area contributed by atoms with E-state index in [4.69, 9.17) is 20.1 Å². The van der Waals surface area contributed by atoms with Crippen LogP contribution < -0.4 is 25.1 Å². The minimum Gasteiger partial charge on any atom is -0.496 e. The van der Waals surface area contributed by atoms with Crippen molar-refractivity contribution >= 4 is 28.7 Å². The van der Waals surface area contributed by atoms with Crippen molar-refractivity contribution in [2.45, 2.75) is 0 Å². The second-order valence-electron chi connectivity index (χ2n) is 5.69. The van der Waals surface area contributed by atoms with E-state index in [0.717, 1.165) is 0 Å². The number of ether oxygens (including phenoxy) is 3. The molecule has 2 rings (SSSR count). The number of benzene rings is 2. The number of rotatable bonds is 8. The van der Waals surface area contributed by atoms with E-state index in [1.54, 1.807) is 0 Å². The Morgan fingerprint density at radius 2 is 1.29 bits per heavy atom. The van der Waals surface area contributed by atoms with Crippen molar-refractivity contribution in [2.24, 2.45) is 5.84 Å². The highest BCUT2D eigenvalue weighted by Gasteiger charge is 2.37. The number of hydrazine groups is 1. The van der Waals surface area contributed by atoms with Crippen LogP contribution in [-0.2, 0) is 0 Å². The van der Waals surface area contributed by atoms with E-state index >= 15 is 0 Å². The Morgan fingerprint density at radius 1 is 0.839 bits per heavy atom. The number of hydrogen-bond donors (Lipinski definition) is 1. The predicted octanol–water partition coefficient (Wildman–Crippen LogP) is 1.96. The fraction of sp³-hybridized carbons (Fsp3) is 0.188. The number of methoxy groups -OCH3 is 3. The van der Waals surface area contributed by atoms with Crippen LogP contribution in [0, 0.1) is 30.3 Å². The third-order valence-corrected chi connectivity index (χ3v) is 4.05. The van der Waals surface area contributed by atoms with Crippen LogP contribution in [-0.4, -0.2) is 42.0 Å². The summed E-state index contributed by atoms with van der Waals surface area (Å²) in [4.78, 5) is 43.7. The molecule has 0 radical (unpaired) electrons. The highest BCUT2D eigenvalue weighted by Crippen LogP contribution is 2.42. The van der Waals surface area contributed by atoms with E-state index < -0.39 is 43.4 Å². The van der Waals surface area contributed by atoms with Crippen LogP contribution in [0.25, 0.3) is 0 Å². The summed E-state index contributed by atoms with van der Waals surface area (Å²) in [5, 5.41) is 34.1. The topological polar surface area (TPSA) is 203 Å². The van der Waals surface area contributed by atoms with Gasteiger partial charge in [-0.15, -0.1) is 0 Å². The standard InChI is InChI=1S/C16H15N5O10/c1-29-9-6-12(30-2)14(13(7-9)31-3)16(22)18(17)15-10(20(25)26)4-8(19(23)24)5-11(15)21(27)28/h4-7H,17H2,1-3H3. The Kier molecular flexibility index (Phi) is 6.51. The van der Waals surface area contributed by atoms with Crippen LogP contribution in [0.5, 0.6) is 17.2 Å². The number of nitro groups is 3. The first-order chi connectivity index (χ1) is 14.6. The maximum atomic E-state index is 13.1. The molecular weight excluding hydrogens is 422 g/mol. The number of anilines is 1. The average molecular weight is 437 g/mol. The van der Waals surface area contributed by atoms with Crippen LogP contribution in [0.4, 0.5) is 22.7 Å². The third-order valence-electron chi connectivity index (χ3n) is 4.05. The zero-order valence-electron chi connectivity index (χ0n) is 16.3. The quantitative estimate of drug-likeness (QED) is 0.273. The second kappa shape index (κ2) is 8.87. The second-order valence-corrected chi connectivity index (χ2v) is 5.69. The maximum absolute atomic E-state index is 13.1. The van der Waals surface area contributed by atoms with Crippen LogP contribution in [0.15, 0.2) is 24.3 Å². The average Bonchev–Trinajstić information content (AvgIpc) is 2.75. The number of amides is 1. The van der Waals surface area contributed by atoms with Gasteiger partial charge in [-0.25, -0.2) is 10.9 Å². The minimum atomic E-state index is -1.18. The summed E-state index contributed by atoms with van der Waals surface area (Å²) in [6.07, 6.45) is 0. The molecule has 2 aromatic carbocycles. The summed E-state index contributed by atoms with van der Waals surface area (Å²) in [5.41, 5.74) is -4.46. The smallest absolute Gasteiger partial charge is 0.308 e. The number of nitrogens with zero attached hydrogens (tertiary/aromatic N) is 4. The van der Waals surface area contributed by atoms with Gasteiger partial charge in [-0.3, -0.25) is 35.1 Å². The van der Waals surface area contributed by atoms with Gasteiger partial charge in [0.1, 0.15) is 22.8 Å². The van der Waals surface area contributed by atoms with Crippen molar-refractivity contribution < 1.29 is 33.8 Å². The Hall–Kier alpha value is -4.53. The molecule has 1 amide bonds. The summed E-state index contributed by atoms with van der Waals surface area (Å²) in [7, 11) is 3.76. The van der Waals surface area contributed by atoms with E-state index in [-0.39, 0.29) is 27.8 Å². The first kappa shape index (κ1) is 22.8. The van der Waals surface area contributed by atoms with Gasteiger partial charge < -0.3 is 14.2 Å². The van der Waals surface area contributed by atoms with Gasteiger partial charge in [0.05, 0.1) is 48.2 Å². The van der Waals surface area contributed by atoms with Crippen molar-refractivity contribution in [2.75, 3.05) is 26.3 Å². The van der Waals surface area contributed by atoms with Crippen molar-refractivity contribution in [1.82, 2.24) is 0 Å². The molecule has 0 aliphatic carbocycles. The molecule has 0 aliphatic heterocycles. The first-order valence-electron chi connectivity index (χ1n) is 8.07. The monoisotopic (exact) mass is 437 g/mol. The molecule has 31 heavy (non-hydrogen) atoms. The first-order valence-corrected chi connectivity index (χ1v) is 8.07. The maximum Gasteiger partial charge on any atom is 0.308 e. The van der Waals surface area contributed by atoms with Crippen LogP contribution in [0.3, 0.4) is 0 Å². The number of carbonyl (C=O) groups excluding carboxylic acids is 1. The predicted molar refractivity (Wildman–Crippen MR) is 104 cm³/mol. The van der Waals surface area contributed by atoms with E-state index in [1.165, 1.54) is 33.5 Å². The molecule has 0 fully saturated rings. The van der Waals surface area contributed by atoms with Crippen molar-refractivity contribution in [3.63, 3.8) is 0 Å². The molecule has 0 atom stereocenters. The van der Waals surface area contributed by atoms with Crippen molar-refractivity contribution in [3.05, 3.63) is 60.2 Å². The number of non-ortho nitro benzene ring substituents is 1. The van der Waals surface area contributed by atoms with Gasteiger partial charge in [0, 0.05) is 12.1 Å². The zero-order valence-corrected chi connectivity index (χ0v) is 16.3. The molecule has 0 heterocycles. The molecule has 15 nitrogen and oxygen atoms in total. The fourth-order valence-corrected chi connectivity index (χ4v) is 2.66. The van der Waals surface area contributed by atoms with Gasteiger partial charge in [-0.05, 0) is 0 Å². The molecule has 0 saturated heterocycles. The molecule has 2 N–H and O–H groups in total. The molecular formula is C16H15N5O10. The number of hydrogen-bond acceptors (Lipinski definition) is 11. The lowest BCUT2D eigenvalue weighted by molar-refractivity contribution is -0.402. The summed E-state index contributed by atoms with van der Waals surface area (Å²) in [5.74, 6) is 4.59. The lowest BCUT2D eigenvalue weighted by Crippen LogP contribution is -2.39. The molecule has 0 aromatic heterocycles. The van der Waals surface area contributed by atoms with Crippen LogP contribution >= 0.6 is 0 Å². The number of nitro benzene ring substituents is 3. The molecule has 0 saturated carbocycles. The Balaban J connectivity index is 2.79. The molecule has 0 bridgehead atoms. The lowest BCUT2D eigenvalue weighted by Gasteiger charge is -2.20. The number of carbonyl (C=O) groups is 1. The van der Waals surface area contributed by atoms with Gasteiger partial charge in [0.2, 0.25) is 5.69 Å². The Labute approximate surface area is 172 Å². The lowest BCUT2D eigenvalue weighted by atomic mass is 10.1.